The maximum absolute atomic E-state index is 12.8. The monoisotopic (exact) mass is 535 g/mol. The molecule has 200 valence electrons. The molecule has 0 radical (unpaired) electrons. The van der Waals surface area contributed by atoms with E-state index in [-0.39, 0.29) is 11.7 Å². The number of carbonyl (C=O) groups is 1. The van der Waals surface area contributed by atoms with E-state index < -0.39 is 15.3 Å². The smallest absolute Gasteiger partial charge is 0.232 e. The Hall–Kier alpha value is -3.83. The van der Waals surface area contributed by atoms with Crippen LogP contribution in [0.5, 0.6) is 0 Å². The molecular weight excluding hydrogens is 502 g/mol. The normalized spacial score (nSPS) is 12.0. The van der Waals surface area contributed by atoms with E-state index in [9.17, 15) is 13.2 Å². The Morgan fingerprint density at radius 2 is 1.84 bits per heavy atom. The SMILES string of the molecule is CCC(C)(C)C(=O)Nc1nc2ccccc2n1CNCc1ccnc(Nc2cccc(CS(C)(=O)=O)c2)n1. The lowest BCUT2D eigenvalue weighted by Crippen LogP contribution is -2.32. The fourth-order valence-electron chi connectivity index (χ4n) is 3.78. The van der Waals surface area contributed by atoms with Crippen molar-refractivity contribution < 1.29 is 13.2 Å². The first-order valence-corrected chi connectivity index (χ1v) is 14.4. The lowest BCUT2D eigenvalue weighted by atomic mass is 9.89. The number of sulfone groups is 1. The van der Waals surface area contributed by atoms with E-state index >= 15 is 0 Å². The van der Waals surface area contributed by atoms with Crippen molar-refractivity contribution in [2.75, 3.05) is 16.9 Å². The molecule has 1 amide bonds. The summed E-state index contributed by atoms with van der Waals surface area (Å²) in [5, 5.41) is 9.51. The predicted octanol–water partition coefficient (Wildman–Crippen LogP) is 4.24. The van der Waals surface area contributed by atoms with Gasteiger partial charge in [-0.05, 0) is 42.3 Å². The summed E-state index contributed by atoms with van der Waals surface area (Å²) < 4.78 is 25.2. The molecule has 2 heterocycles. The predicted molar refractivity (Wildman–Crippen MR) is 150 cm³/mol. The minimum absolute atomic E-state index is 0.0331. The molecule has 0 spiro atoms. The zero-order valence-electron chi connectivity index (χ0n) is 22.0. The first kappa shape index (κ1) is 27.2. The summed E-state index contributed by atoms with van der Waals surface area (Å²) in [5.41, 5.74) is 3.35. The van der Waals surface area contributed by atoms with Crippen molar-refractivity contribution in [3.05, 3.63) is 72.1 Å². The maximum Gasteiger partial charge on any atom is 0.232 e. The van der Waals surface area contributed by atoms with Gasteiger partial charge in [0.15, 0.2) is 9.84 Å². The second-order valence-electron chi connectivity index (χ2n) is 9.90. The van der Waals surface area contributed by atoms with Crippen LogP contribution < -0.4 is 16.0 Å². The minimum Gasteiger partial charge on any atom is -0.324 e. The average molecular weight is 536 g/mol. The van der Waals surface area contributed by atoms with Crippen molar-refractivity contribution >= 4 is 44.4 Å². The Morgan fingerprint density at radius 1 is 1.05 bits per heavy atom. The fourth-order valence-corrected chi connectivity index (χ4v) is 4.57. The minimum atomic E-state index is -3.13. The first-order chi connectivity index (χ1) is 18.0. The third-order valence-electron chi connectivity index (χ3n) is 6.28. The molecule has 2 aromatic carbocycles. The van der Waals surface area contributed by atoms with Crippen molar-refractivity contribution in [1.29, 1.82) is 0 Å². The zero-order valence-corrected chi connectivity index (χ0v) is 22.8. The molecule has 0 saturated carbocycles. The Balaban J connectivity index is 1.45. The van der Waals surface area contributed by atoms with Gasteiger partial charge >= 0.3 is 0 Å². The van der Waals surface area contributed by atoms with E-state index in [0.717, 1.165) is 16.7 Å². The molecule has 4 rings (SSSR count). The molecule has 0 aliphatic rings. The standard InChI is InChI=1S/C27H33N7O3S/c1-5-27(2,3)24(35)33-26-32-22-11-6-7-12-23(22)34(26)18-28-16-21-13-14-29-25(31-21)30-20-10-8-9-19(15-20)17-38(4,36)37/h6-15,28H,5,16-18H2,1-4H3,(H,29,30,31)(H,32,33,35). The van der Waals surface area contributed by atoms with E-state index in [4.69, 9.17) is 0 Å². The van der Waals surface area contributed by atoms with Gasteiger partial charge < -0.3 is 5.32 Å². The summed E-state index contributed by atoms with van der Waals surface area (Å²) >= 11 is 0. The van der Waals surface area contributed by atoms with Crippen molar-refractivity contribution in [3.63, 3.8) is 0 Å². The lowest BCUT2D eigenvalue weighted by molar-refractivity contribution is -0.124. The van der Waals surface area contributed by atoms with Crippen LogP contribution in [0.2, 0.25) is 0 Å². The van der Waals surface area contributed by atoms with Crippen molar-refractivity contribution in [2.24, 2.45) is 5.41 Å². The van der Waals surface area contributed by atoms with Gasteiger partial charge in [-0.2, -0.15) is 0 Å². The summed E-state index contributed by atoms with van der Waals surface area (Å²) in [6, 6.07) is 16.7. The number of para-hydroxylation sites is 2. The molecule has 0 unspecified atom stereocenters. The Labute approximate surface area is 222 Å². The quantitative estimate of drug-likeness (QED) is 0.260. The topological polar surface area (TPSA) is 131 Å². The van der Waals surface area contributed by atoms with Gasteiger partial charge in [-0.3, -0.25) is 20.0 Å². The van der Waals surface area contributed by atoms with Crippen LogP contribution in [0.25, 0.3) is 11.0 Å². The van der Waals surface area contributed by atoms with Crippen LogP contribution in [-0.4, -0.2) is 40.1 Å². The average Bonchev–Trinajstić information content (AvgIpc) is 3.20. The second-order valence-corrected chi connectivity index (χ2v) is 12.0. The first-order valence-electron chi connectivity index (χ1n) is 12.4. The molecule has 0 bridgehead atoms. The molecular formula is C27H33N7O3S. The van der Waals surface area contributed by atoms with Gasteiger partial charge in [0.2, 0.25) is 17.8 Å². The van der Waals surface area contributed by atoms with Crippen molar-refractivity contribution in [1.82, 2.24) is 24.8 Å². The molecule has 0 aliphatic carbocycles. The third-order valence-corrected chi connectivity index (χ3v) is 7.14. The van der Waals surface area contributed by atoms with Gasteiger partial charge in [0.25, 0.3) is 0 Å². The van der Waals surface area contributed by atoms with Crippen LogP contribution in [0, 0.1) is 5.41 Å². The largest absolute Gasteiger partial charge is 0.324 e. The molecule has 38 heavy (non-hydrogen) atoms. The molecule has 2 aromatic heterocycles. The number of nitrogens with zero attached hydrogens (tertiary/aromatic N) is 4. The highest BCUT2D eigenvalue weighted by Gasteiger charge is 2.27. The zero-order chi connectivity index (χ0) is 27.3. The number of rotatable bonds is 11. The number of anilines is 3. The van der Waals surface area contributed by atoms with E-state index in [0.29, 0.717) is 42.8 Å². The molecule has 0 fully saturated rings. The van der Waals surface area contributed by atoms with E-state index in [1.807, 2.05) is 61.7 Å². The Bertz CT molecular complexity index is 1550. The van der Waals surface area contributed by atoms with Gasteiger partial charge in [0.1, 0.15) is 0 Å². The number of carbonyl (C=O) groups excluding carboxylic acids is 1. The van der Waals surface area contributed by atoms with Gasteiger partial charge in [-0.25, -0.2) is 23.4 Å². The van der Waals surface area contributed by atoms with E-state index in [1.54, 1.807) is 24.4 Å². The lowest BCUT2D eigenvalue weighted by Gasteiger charge is -2.21. The number of amides is 1. The number of benzene rings is 2. The number of aromatic nitrogens is 4. The molecule has 11 heteroatoms. The van der Waals surface area contributed by atoms with Crippen LogP contribution in [0.1, 0.15) is 38.4 Å². The molecule has 0 atom stereocenters. The van der Waals surface area contributed by atoms with Crippen molar-refractivity contribution in [3.8, 4) is 0 Å². The second kappa shape index (κ2) is 11.3. The van der Waals surface area contributed by atoms with E-state index in [2.05, 4.69) is 30.9 Å². The highest BCUT2D eigenvalue weighted by molar-refractivity contribution is 7.89. The van der Waals surface area contributed by atoms with Gasteiger partial charge in [-0.15, -0.1) is 0 Å². The Morgan fingerprint density at radius 3 is 2.61 bits per heavy atom. The molecule has 0 aliphatic heterocycles. The summed E-state index contributed by atoms with van der Waals surface area (Å²) in [5.74, 6) is 0.783. The van der Waals surface area contributed by atoms with Gasteiger partial charge in [0.05, 0.1) is 29.1 Å². The molecule has 4 aromatic rings. The summed E-state index contributed by atoms with van der Waals surface area (Å²) in [6.45, 7) is 6.67. The molecule has 0 saturated heterocycles. The van der Waals surface area contributed by atoms with Crippen molar-refractivity contribution in [2.45, 2.75) is 46.2 Å². The van der Waals surface area contributed by atoms with Gasteiger partial charge in [-0.1, -0.05) is 45.0 Å². The van der Waals surface area contributed by atoms with Crippen LogP contribution in [0.15, 0.2) is 60.8 Å². The Kier molecular flexibility index (Phi) is 8.08. The van der Waals surface area contributed by atoms with Gasteiger partial charge in [0, 0.05) is 30.1 Å². The number of hydrogen-bond acceptors (Lipinski definition) is 8. The maximum atomic E-state index is 12.8. The molecule has 3 N–H and O–H groups in total. The van der Waals surface area contributed by atoms with Crippen LogP contribution in [-0.2, 0) is 33.6 Å². The fraction of sp³-hybridized carbons (Fsp3) is 0.333. The summed E-state index contributed by atoms with van der Waals surface area (Å²) in [7, 11) is -3.13. The van der Waals surface area contributed by atoms with Crippen LogP contribution in [0.4, 0.5) is 17.6 Å². The number of hydrogen-bond donors (Lipinski definition) is 3. The summed E-state index contributed by atoms with van der Waals surface area (Å²) in [4.78, 5) is 26.3. The number of imidazole rings is 1. The summed E-state index contributed by atoms with van der Waals surface area (Å²) in [6.07, 6.45) is 3.59. The third kappa shape index (κ3) is 6.93. The molecule has 10 nitrogen and oxygen atoms in total. The van der Waals surface area contributed by atoms with E-state index in [1.165, 1.54) is 6.26 Å². The highest BCUT2D eigenvalue weighted by Crippen LogP contribution is 2.24. The van der Waals surface area contributed by atoms with Crippen LogP contribution in [0.3, 0.4) is 0 Å². The number of nitrogens with one attached hydrogen (secondary N) is 3. The highest BCUT2D eigenvalue weighted by atomic mass is 32.2. The number of fused-ring (bicyclic) bond motifs is 1. The van der Waals surface area contributed by atoms with Crippen LogP contribution >= 0.6 is 0 Å².